The quantitative estimate of drug-likeness (QED) is 0.338. The fourth-order valence-electron chi connectivity index (χ4n) is 3.63. The van der Waals surface area contributed by atoms with E-state index in [1.165, 1.54) is 12.1 Å². The summed E-state index contributed by atoms with van der Waals surface area (Å²) in [6.07, 6.45) is 0. The molecule has 1 aromatic heterocycles. The number of benzene rings is 4. The van der Waals surface area contributed by atoms with Crippen molar-refractivity contribution in [2.45, 2.75) is 0 Å². The maximum absolute atomic E-state index is 14.2. The second-order valence-corrected chi connectivity index (χ2v) is 6.67. The van der Waals surface area contributed by atoms with Gasteiger partial charge in [0.1, 0.15) is 17.2 Å². The molecule has 0 N–H and O–H groups in total. The maximum atomic E-state index is 14.2. The van der Waals surface area contributed by atoms with Gasteiger partial charge in [-0.3, -0.25) is 4.79 Å². The Hall–Kier alpha value is -3.72. The lowest BCUT2D eigenvalue weighted by Crippen LogP contribution is -2.02. The van der Waals surface area contributed by atoms with Crippen LogP contribution in [0.1, 0.15) is 0 Å². The van der Waals surface area contributed by atoms with E-state index in [1.54, 1.807) is 18.2 Å². The van der Waals surface area contributed by atoms with Crippen molar-refractivity contribution in [2.75, 3.05) is 0 Å². The predicted octanol–water partition coefficient (Wildman–Crippen LogP) is 6.42. The Kier molecular flexibility index (Phi) is 3.80. The molecule has 0 bridgehead atoms. The van der Waals surface area contributed by atoms with Crippen LogP contribution in [-0.2, 0) is 0 Å². The molecule has 0 fully saturated rings. The molecule has 4 aromatic carbocycles. The molecule has 0 spiro atoms. The van der Waals surface area contributed by atoms with E-state index in [0.29, 0.717) is 11.0 Å². The minimum atomic E-state index is -0.421. The van der Waals surface area contributed by atoms with Crippen LogP contribution in [-0.4, -0.2) is 0 Å². The van der Waals surface area contributed by atoms with Gasteiger partial charge in [-0.15, -0.1) is 0 Å². The van der Waals surface area contributed by atoms with Crippen LogP contribution in [0.4, 0.5) is 4.39 Å². The van der Waals surface area contributed by atoms with Crippen molar-refractivity contribution in [3.63, 3.8) is 0 Å². The number of hydrogen-bond acceptors (Lipinski definition) is 2. The van der Waals surface area contributed by atoms with Crippen LogP contribution in [0, 0.1) is 5.82 Å². The zero-order valence-electron chi connectivity index (χ0n) is 14.9. The van der Waals surface area contributed by atoms with Gasteiger partial charge < -0.3 is 4.42 Å². The smallest absolute Gasteiger partial charge is 0.193 e. The molecule has 0 amide bonds. The van der Waals surface area contributed by atoms with Crippen LogP contribution in [0.5, 0.6) is 0 Å². The summed E-state index contributed by atoms with van der Waals surface area (Å²) in [5, 5.41) is 2.29. The molecule has 0 aliphatic carbocycles. The standard InChI is InChI=1S/C25H15FO2/c26-22-13-7-6-12-19(22)24-15-23(27)21-14-20(16-8-2-1-3-9-16)17-10-4-5-11-18(17)25(21)28-24/h1-15H. The maximum Gasteiger partial charge on any atom is 0.193 e. The third kappa shape index (κ3) is 2.60. The number of hydrogen-bond donors (Lipinski definition) is 0. The van der Waals surface area contributed by atoms with Gasteiger partial charge >= 0.3 is 0 Å². The zero-order chi connectivity index (χ0) is 19.1. The molecular weight excluding hydrogens is 351 g/mol. The lowest BCUT2D eigenvalue weighted by molar-refractivity contribution is 0.596. The third-order valence-corrected chi connectivity index (χ3v) is 4.96. The molecule has 5 rings (SSSR count). The molecule has 0 aliphatic rings. The van der Waals surface area contributed by atoms with E-state index in [4.69, 9.17) is 4.42 Å². The Bertz CT molecular complexity index is 1380. The van der Waals surface area contributed by atoms with E-state index in [2.05, 4.69) is 0 Å². The summed E-state index contributed by atoms with van der Waals surface area (Å²) < 4.78 is 20.3. The van der Waals surface area contributed by atoms with Gasteiger partial charge in [-0.05, 0) is 34.7 Å². The van der Waals surface area contributed by atoms with E-state index in [-0.39, 0.29) is 16.8 Å². The highest BCUT2D eigenvalue weighted by Crippen LogP contribution is 2.35. The first-order valence-corrected chi connectivity index (χ1v) is 9.02. The van der Waals surface area contributed by atoms with Crippen LogP contribution in [0.25, 0.3) is 44.2 Å². The average molecular weight is 366 g/mol. The molecule has 0 atom stereocenters. The van der Waals surface area contributed by atoms with Gasteiger partial charge in [0.2, 0.25) is 0 Å². The monoisotopic (exact) mass is 366 g/mol. The molecule has 0 saturated carbocycles. The second-order valence-electron chi connectivity index (χ2n) is 6.67. The van der Waals surface area contributed by atoms with Crippen molar-refractivity contribution in [1.82, 2.24) is 0 Å². The SMILES string of the molecule is O=c1cc(-c2ccccc2F)oc2c1cc(-c1ccccc1)c1ccccc12. The van der Waals surface area contributed by atoms with Crippen molar-refractivity contribution in [3.05, 3.63) is 107 Å². The second kappa shape index (κ2) is 6.46. The minimum absolute atomic E-state index is 0.192. The molecule has 0 unspecified atom stereocenters. The largest absolute Gasteiger partial charge is 0.455 e. The van der Waals surface area contributed by atoms with E-state index in [9.17, 15) is 9.18 Å². The van der Waals surface area contributed by atoms with Gasteiger partial charge in [-0.2, -0.15) is 0 Å². The molecule has 0 aliphatic heterocycles. The highest BCUT2D eigenvalue weighted by Gasteiger charge is 2.15. The van der Waals surface area contributed by atoms with E-state index in [0.717, 1.165) is 21.9 Å². The molecule has 3 heteroatoms. The van der Waals surface area contributed by atoms with Crippen molar-refractivity contribution in [3.8, 4) is 22.5 Å². The van der Waals surface area contributed by atoms with Crippen LogP contribution >= 0.6 is 0 Å². The normalized spacial score (nSPS) is 11.2. The summed E-state index contributed by atoms with van der Waals surface area (Å²) in [4.78, 5) is 12.9. The molecule has 1 heterocycles. The first kappa shape index (κ1) is 16.5. The van der Waals surface area contributed by atoms with Crippen molar-refractivity contribution in [1.29, 1.82) is 0 Å². The van der Waals surface area contributed by atoms with Crippen molar-refractivity contribution >= 4 is 21.7 Å². The van der Waals surface area contributed by atoms with E-state index >= 15 is 0 Å². The van der Waals surface area contributed by atoms with Crippen LogP contribution in [0.2, 0.25) is 0 Å². The van der Waals surface area contributed by atoms with Gasteiger partial charge in [0.15, 0.2) is 5.43 Å². The van der Waals surface area contributed by atoms with Gasteiger partial charge in [-0.25, -0.2) is 4.39 Å². The Morgan fingerprint density at radius 2 is 1.32 bits per heavy atom. The van der Waals surface area contributed by atoms with E-state index in [1.807, 2.05) is 60.7 Å². The first-order chi connectivity index (χ1) is 13.7. The Morgan fingerprint density at radius 1 is 0.643 bits per heavy atom. The summed E-state index contributed by atoms with van der Waals surface area (Å²) in [5.74, 6) is -0.191. The third-order valence-electron chi connectivity index (χ3n) is 4.96. The van der Waals surface area contributed by atoms with Crippen LogP contribution in [0.15, 0.2) is 100 Å². The number of halogens is 1. The first-order valence-electron chi connectivity index (χ1n) is 9.02. The van der Waals surface area contributed by atoms with Crippen molar-refractivity contribution in [2.24, 2.45) is 0 Å². The minimum Gasteiger partial charge on any atom is -0.455 e. The lowest BCUT2D eigenvalue weighted by Gasteiger charge is -2.11. The van der Waals surface area contributed by atoms with Crippen molar-refractivity contribution < 1.29 is 8.81 Å². The summed E-state index contributed by atoms with van der Waals surface area (Å²) >= 11 is 0. The topological polar surface area (TPSA) is 30.2 Å². The molecule has 0 saturated heterocycles. The Balaban J connectivity index is 1.89. The fourth-order valence-corrected chi connectivity index (χ4v) is 3.63. The molecular formula is C25H15FO2. The molecule has 5 aromatic rings. The predicted molar refractivity (Wildman–Crippen MR) is 111 cm³/mol. The summed E-state index contributed by atoms with van der Waals surface area (Å²) in [6.45, 7) is 0. The molecule has 134 valence electrons. The van der Waals surface area contributed by atoms with Gasteiger partial charge in [0, 0.05) is 11.5 Å². The van der Waals surface area contributed by atoms with Crippen LogP contribution in [0.3, 0.4) is 0 Å². The van der Waals surface area contributed by atoms with Gasteiger partial charge in [0.05, 0.1) is 10.9 Å². The fraction of sp³-hybridized carbons (Fsp3) is 0. The van der Waals surface area contributed by atoms with E-state index < -0.39 is 5.82 Å². The van der Waals surface area contributed by atoms with Gasteiger partial charge in [0.25, 0.3) is 0 Å². The van der Waals surface area contributed by atoms with Gasteiger partial charge in [-0.1, -0.05) is 66.7 Å². The van der Waals surface area contributed by atoms with Crippen LogP contribution < -0.4 is 5.43 Å². The summed E-state index contributed by atoms with van der Waals surface area (Å²) in [7, 11) is 0. The summed E-state index contributed by atoms with van der Waals surface area (Å²) in [5.41, 5.74) is 2.55. The molecule has 2 nitrogen and oxygen atoms in total. The highest BCUT2D eigenvalue weighted by atomic mass is 19.1. The number of rotatable bonds is 2. The average Bonchev–Trinajstić information content (AvgIpc) is 2.74. The number of fused-ring (bicyclic) bond motifs is 3. The molecule has 0 radical (unpaired) electrons. The zero-order valence-corrected chi connectivity index (χ0v) is 14.9. The Labute approximate surface area is 160 Å². The summed E-state index contributed by atoms with van der Waals surface area (Å²) in [6, 6.07) is 27.3. The Morgan fingerprint density at radius 3 is 2.11 bits per heavy atom. The molecule has 28 heavy (non-hydrogen) atoms. The lowest BCUT2D eigenvalue weighted by atomic mass is 9.95. The highest BCUT2D eigenvalue weighted by molar-refractivity contribution is 6.11.